The van der Waals surface area contributed by atoms with E-state index in [1.807, 2.05) is 0 Å². The molecule has 2 aliphatic rings. The normalized spacial score (nSPS) is 17.7. The number of carbonyl (C=O) groups is 1. The molecule has 4 N–H and O–H groups in total. The molecule has 17 heteroatoms. The quantitative estimate of drug-likeness (QED) is 0.216. The number of nitrogen functional groups attached to an aromatic ring is 1. The van der Waals surface area contributed by atoms with Gasteiger partial charge in [0.2, 0.25) is 11.8 Å². The molecule has 0 saturated carbocycles. The second-order valence-electron chi connectivity index (χ2n) is 11.3. The Morgan fingerprint density at radius 2 is 1.96 bits per heavy atom. The Balaban J connectivity index is 1.03. The van der Waals surface area contributed by atoms with Gasteiger partial charge in [0, 0.05) is 71.5 Å². The van der Waals surface area contributed by atoms with Gasteiger partial charge in [-0.15, -0.1) is 5.10 Å². The van der Waals surface area contributed by atoms with Crippen LogP contribution in [0.5, 0.6) is 0 Å². The number of hydrogen-bond acceptors (Lipinski definition) is 11. The molecule has 4 aromatic heterocycles. The minimum Gasteiger partial charge on any atom is -0.461 e. The molecule has 5 aromatic rings. The third kappa shape index (κ3) is 5.45. The third-order valence-electron chi connectivity index (χ3n) is 8.46. The number of carbonyl (C=O) groups excluding carboxylic acids is 1. The lowest BCUT2D eigenvalue weighted by molar-refractivity contribution is 0.0734. The van der Waals surface area contributed by atoms with Gasteiger partial charge in [-0.2, -0.15) is 9.50 Å². The molecule has 0 bridgehead atoms. The lowest BCUT2D eigenvalue weighted by Gasteiger charge is -2.36. The molecular formula is C29H33F2N11O4. The standard InChI is InChI=1S/C29H33F2N11O4/c1-38-23-25(36-28(32)42-26(23)35-24(37-42)22-3-2-11-46-22)41(29(38)44)10-7-39-5-8-40(9-6-39)21-13-18(19(30)14-20(21)31)27(43)34-15-17-16-45-12-4-33-17/h2-3,11,13-14,17,33H,4-10,12,15-16H2,1H3,(H2,32,36)(H,34,43). The number of fused-ring (bicyclic) bond motifs is 3. The van der Waals surface area contributed by atoms with Crippen molar-refractivity contribution in [3.63, 3.8) is 0 Å². The minimum absolute atomic E-state index is 0.0736. The molecule has 0 spiro atoms. The molecule has 0 radical (unpaired) electrons. The first kappa shape index (κ1) is 29.8. The number of amides is 1. The molecular weight excluding hydrogens is 604 g/mol. The van der Waals surface area contributed by atoms with Gasteiger partial charge in [-0.3, -0.25) is 18.8 Å². The molecule has 46 heavy (non-hydrogen) atoms. The monoisotopic (exact) mass is 637 g/mol. The van der Waals surface area contributed by atoms with Crippen LogP contribution in [0.25, 0.3) is 28.4 Å². The lowest BCUT2D eigenvalue weighted by Crippen LogP contribution is -2.48. The lowest BCUT2D eigenvalue weighted by atomic mass is 10.1. The predicted molar refractivity (Wildman–Crippen MR) is 164 cm³/mol. The van der Waals surface area contributed by atoms with Gasteiger partial charge in [-0.25, -0.2) is 18.6 Å². The summed E-state index contributed by atoms with van der Waals surface area (Å²) in [6.45, 7) is 4.83. The van der Waals surface area contributed by atoms with Crippen LogP contribution in [-0.2, 0) is 18.3 Å². The van der Waals surface area contributed by atoms with Crippen LogP contribution in [0.2, 0.25) is 0 Å². The second kappa shape index (κ2) is 12.1. The molecule has 2 aliphatic heterocycles. The number of rotatable bonds is 8. The molecule has 7 rings (SSSR count). The number of ether oxygens (including phenoxy) is 1. The van der Waals surface area contributed by atoms with Crippen LogP contribution in [0, 0.1) is 11.6 Å². The van der Waals surface area contributed by atoms with Gasteiger partial charge in [-0.1, -0.05) is 0 Å². The average molecular weight is 638 g/mol. The molecule has 1 aromatic carbocycles. The molecule has 0 aliphatic carbocycles. The van der Waals surface area contributed by atoms with Crippen LogP contribution in [0.4, 0.5) is 20.4 Å². The second-order valence-corrected chi connectivity index (χ2v) is 11.3. The largest absolute Gasteiger partial charge is 0.461 e. The summed E-state index contributed by atoms with van der Waals surface area (Å²) >= 11 is 0. The van der Waals surface area contributed by atoms with Crippen LogP contribution in [-0.4, -0.2) is 105 Å². The molecule has 242 valence electrons. The Kier molecular flexibility index (Phi) is 7.87. The maximum atomic E-state index is 14.9. The minimum atomic E-state index is -0.916. The number of anilines is 2. The van der Waals surface area contributed by atoms with E-state index >= 15 is 0 Å². The Morgan fingerprint density at radius 1 is 1.13 bits per heavy atom. The maximum absolute atomic E-state index is 14.9. The van der Waals surface area contributed by atoms with Crippen molar-refractivity contribution in [1.29, 1.82) is 0 Å². The summed E-state index contributed by atoms with van der Waals surface area (Å²) < 4.78 is 44.8. The number of piperazine rings is 1. The molecule has 2 fully saturated rings. The first-order chi connectivity index (χ1) is 22.3. The van der Waals surface area contributed by atoms with Crippen molar-refractivity contribution in [3.05, 3.63) is 58.2 Å². The van der Waals surface area contributed by atoms with Gasteiger partial charge in [0.05, 0.1) is 30.7 Å². The summed E-state index contributed by atoms with van der Waals surface area (Å²) in [6.07, 6.45) is 1.52. The Hall–Kier alpha value is -4.87. The fraction of sp³-hybridized carbons (Fsp3) is 0.414. The van der Waals surface area contributed by atoms with E-state index in [9.17, 15) is 18.4 Å². The van der Waals surface area contributed by atoms with E-state index in [-0.39, 0.29) is 35.5 Å². The van der Waals surface area contributed by atoms with Gasteiger partial charge in [0.25, 0.3) is 5.91 Å². The number of benzene rings is 1. The summed E-state index contributed by atoms with van der Waals surface area (Å²) in [7, 11) is 1.64. The highest BCUT2D eigenvalue weighted by molar-refractivity contribution is 5.95. The fourth-order valence-electron chi connectivity index (χ4n) is 5.97. The van der Waals surface area contributed by atoms with E-state index in [1.54, 1.807) is 28.6 Å². The number of hydrogen-bond donors (Lipinski definition) is 3. The van der Waals surface area contributed by atoms with Gasteiger partial charge in [0.15, 0.2) is 17.1 Å². The number of morpholine rings is 1. The first-order valence-corrected chi connectivity index (χ1v) is 15.0. The number of aromatic nitrogens is 6. The Bertz CT molecular complexity index is 1960. The van der Waals surface area contributed by atoms with Crippen LogP contribution in [0.3, 0.4) is 0 Å². The number of furan rings is 1. The maximum Gasteiger partial charge on any atom is 0.330 e. The number of nitrogens with zero attached hydrogens (tertiary/aromatic N) is 8. The van der Waals surface area contributed by atoms with Gasteiger partial charge in [0.1, 0.15) is 17.2 Å². The highest BCUT2D eigenvalue weighted by Crippen LogP contribution is 2.26. The topological polar surface area (TPSA) is 166 Å². The first-order valence-electron chi connectivity index (χ1n) is 15.0. The molecule has 1 atom stereocenters. The van der Waals surface area contributed by atoms with Crippen molar-refractivity contribution in [3.8, 4) is 11.6 Å². The van der Waals surface area contributed by atoms with E-state index in [0.717, 1.165) is 6.07 Å². The molecule has 2 saturated heterocycles. The van der Waals surface area contributed by atoms with Crippen LogP contribution >= 0.6 is 0 Å². The Labute approximate surface area is 260 Å². The SMILES string of the molecule is Cn1c(=O)n(CCN2CCN(c3cc(C(=O)NCC4COCCN4)c(F)cc3F)CC2)c2nc(N)n3nc(-c4ccco4)nc3c21. The molecule has 15 nitrogen and oxygen atoms in total. The van der Waals surface area contributed by atoms with Crippen LogP contribution in [0.15, 0.2) is 39.7 Å². The highest BCUT2D eigenvalue weighted by atomic mass is 19.1. The van der Waals surface area contributed by atoms with Crippen molar-refractivity contribution in [1.82, 2.24) is 44.2 Å². The summed E-state index contributed by atoms with van der Waals surface area (Å²) in [5.41, 5.74) is 7.16. The van der Waals surface area contributed by atoms with Crippen molar-refractivity contribution >= 4 is 34.4 Å². The third-order valence-corrected chi connectivity index (χ3v) is 8.46. The fourth-order valence-corrected chi connectivity index (χ4v) is 5.97. The highest BCUT2D eigenvalue weighted by Gasteiger charge is 2.26. The zero-order valence-corrected chi connectivity index (χ0v) is 25.1. The van der Waals surface area contributed by atoms with Crippen molar-refractivity contribution in [2.24, 2.45) is 7.05 Å². The van der Waals surface area contributed by atoms with Gasteiger partial charge >= 0.3 is 5.69 Å². The van der Waals surface area contributed by atoms with Crippen LogP contribution in [0.1, 0.15) is 10.4 Å². The summed E-state index contributed by atoms with van der Waals surface area (Å²) in [4.78, 5) is 39.1. The predicted octanol–water partition coefficient (Wildman–Crippen LogP) is 0.439. The number of halogens is 2. The number of nitrogens with two attached hydrogens (primary N) is 1. The van der Waals surface area contributed by atoms with Crippen molar-refractivity contribution < 1.29 is 22.7 Å². The van der Waals surface area contributed by atoms with E-state index in [4.69, 9.17) is 14.9 Å². The Morgan fingerprint density at radius 3 is 2.70 bits per heavy atom. The van der Waals surface area contributed by atoms with E-state index in [1.165, 1.54) is 21.4 Å². The molecule has 1 amide bonds. The van der Waals surface area contributed by atoms with Gasteiger partial charge < -0.3 is 30.4 Å². The zero-order valence-electron chi connectivity index (χ0n) is 25.1. The molecule has 6 heterocycles. The van der Waals surface area contributed by atoms with E-state index < -0.39 is 17.5 Å². The van der Waals surface area contributed by atoms with Gasteiger partial charge in [-0.05, 0) is 18.2 Å². The van der Waals surface area contributed by atoms with Crippen LogP contribution < -0.4 is 27.0 Å². The van der Waals surface area contributed by atoms with E-state index in [2.05, 4.69) is 30.6 Å². The average Bonchev–Trinajstić information content (AvgIpc) is 3.80. The van der Waals surface area contributed by atoms with Crippen molar-refractivity contribution in [2.45, 2.75) is 12.6 Å². The number of imidazole rings is 1. The summed E-state index contributed by atoms with van der Waals surface area (Å²) in [6, 6.07) is 5.41. The number of nitrogens with one attached hydrogen (secondary N) is 2. The molecule has 1 unspecified atom stereocenters. The zero-order chi connectivity index (χ0) is 31.9. The number of aryl methyl sites for hydroxylation is 1. The van der Waals surface area contributed by atoms with E-state index in [0.29, 0.717) is 87.4 Å². The smallest absolute Gasteiger partial charge is 0.330 e. The van der Waals surface area contributed by atoms with Crippen molar-refractivity contribution in [2.75, 3.05) is 69.7 Å². The summed E-state index contributed by atoms with van der Waals surface area (Å²) in [5.74, 6) is -1.40. The summed E-state index contributed by atoms with van der Waals surface area (Å²) in [5, 5.41) is 10.3.